The van der Waals surface area contributed by atoms with E-state index in [1.54, 1.807) is 24.4 Å². The highest BCUT2D eigenvalue weighted by atomic mass is 16.5. The highest BCUT2D eigenvalue weighted by Crippen LogP contribution is 2.29. The lowest BCUT2D eigenvalue weighted by atomic mass is 10.1. The van der Waals surface area contributed by atoms with Gasteiger partial charge in [-0.05, 0) is 53.9 Å². The van der Waals surface area contributed by atoms with Crippen molar-refractivity contribution in [1.29, 1.82) is 0 Å². The van der Waals surface area contributed by atoms with Crippen LogP contribution in [0.5, 0.6) is 11.5 Å². The van der Waals surface area contributed by atoms with Crippen molar-refractivity contribution in [1.82, 2.24) is 0 Å². The lowest BCUT2D eigenvalue weighted by Crippen LogP contribution is -2.23. The normalized spacial score (nSPS) is 11.9. The van der Waals surface area contributed by atoms with Gasteiger partial charge >= 0.3 is 5.97 Å². The van der Waals surface area contributed by atoms with Crippen LogP contribution in [0.15, 0.2) is 77.8 Å². The van der Waals surface area contributed by atoms with Crippen LogP contribution in [-0.4, -0.2) is 30.5 Å². The first-order chi connectivity index (χ1) is 13.6. The quantitative estimate of drug-likeness (QED) is 0.592. The SMILES string of the molecule is COc1cc(C=Nc2ccc(-c3ccccc3)cc2)ccc1O[C@H](C)C(=O)O. The van der Waals surface area contributed by atoms with Gasteiger partial charge in [0, 0.05) is 6.21 Å². The molecule has 0 bridgehead atoms. The van der Waals surface area contributed by atoms with Crippen LogP contribution in [0, 0.1) is 0 Å². The molecule has 1 N–H and O–H groups in total. The summed E-state index contributed by atoms with van der Waals surface area (Å²) in [6.07, 6.45) is 0.765. The van der Waals surface area contributed by atoms with Crippen molar-refractivity contribution in [2.45, 2.75) is 13.0 Å². The largest absolute Gasteiger partial charge is 0.493 e. The predicted octanol–water partition coefficient (Wildman–Crippen LogP) is 4.96. The Morgan fingerprint density at radius 3 is 2.29 bits per heavy atom. The van der Waals surface area contributed by atoms with E-state index in [1.807, 2.05) is 42.5 Å². The summed E-state index contributed by atoms with van der Waals surface area (Å²) in [5.41, 5.74) is 3.95. The van der Waals surface area contributed by atoms with E-state index in [-0.39, 0.29) is 0 Å². The summed E-state index contributed by atoms with van der Waals surface area (Å²) in [7, 11) is 1.51. The molecule has 5 nitrogen and oxygen atoms in total. The first-order valence-electron chi connectivity index (χ1n) is 8.84. The van der Waals surface area contributed by atoms with E-state index in [0.29, 0.717) is 11.5 Å². The van der Waals surface area contributed by atoms with Gasteiger partial charge in [-0.2, -0.15) is 0 Å². The fraction of sp³-hybridized carbons (Fsp3) is 0.130. The molecule has 0 saturated carbocycles. The van der Waals surface area contributed by atoms with Crippen molar-refractivity contribution in [2.75, 3.05) is 7.11 Å². The third kappa shape index (κ3) is 4.76. The van der Waals surface area contributed by atoms with Gasteiger partial charge in [-0.1, -0.05) is 42.5 Å². The van der Waals surface area contributed by atoms with Crippen molar-refractivity contribution >= 4 is 17.9 Å². The first-order valence-corrected chi connectivity index (χ1v) is 8.84. The van der Waals surface area contributed by atoms with Crippen LogP contribution in [0.25, 0.3) is 11.1 Å². The molecule has 0 heterocycles. The number of ether oxygens (including phenoxy) is 2. The lowest BCUT2D eigenvalue weighted by molar-refractivity contribution is -0.144. The maximum atomic E-state index is 11.0. The Labute approximate surface area is 163 Å². The molecule has 3 rings (SSSR count). The molecule has 0 aliphatic rings. The number of aliphatic carboxylic acids is 1. The van der Waals surface area contributed by atoms with Crippen LogP contribution in [0.2, 0.25) is 0 Å². The van der Waals surface area contributed by atoms with E-state index in [9.17, 15) is 4.79 Å². The molecule has 0 radical (unpaired) electrons. The maximum absolute atomic E-state index is 11.0. The molecule has 28 heavy (non-hydrogen) atoms. The number of hydrogen-bond acceptors (Lipinski definition) is 4. The highest BCUT2D eigenvalue weighted by Gasteiger charge is 2.15. The van der Waals surface area contributed by atoms with Gasteiger partial charge in [0.2, 0.25) is 0 Å². The molecule has 142 valence electrons. The minimum atomic E-state index is -1.04. The Balaban J connectivity index is 1.74. The van der Waals surface area contributed by atoms with Gasteiger partial charge < -0.3 is 14.6 Å². The summed E-state index contributed by atoms with van der Waals surface area (Å²) in [6.45, 7) is 1.47. The Kier molecular flexibility index (Phi) is 6.07. The molecule has 0 aromatic heterocycles. The molecule has 5 heteroatoms. The van der Waals surface area contributed by atoms with Gasteiger partial charge in [-0.25, -0.2) is 4.79 Å². The molecule has 1 atom stereocenters. The third-order valence-electron chi connectivity index (χ3n) is 4.18. The maximum Gasteiger partial charge on any atom is 0.344 e. The number of methoxy groups -OCH3 is 1. The highest BCUT2D eigenvalue weighted by molar-refractivity contribution is 5.83. The van der Waals surface area contributed by atoms with Crippen LogP contribution < -0.4 is 9.47 Å². The van der Waals surface area contributed by atoms with Crippen molar-refractivity contribution in [3.05, 3.63) is 78.4 Å². The van der Waals surface area contributed by atoms with E-state index in [1.165, 1.54) is 14.0 Å². The number of carboxylic acid groups (broad SMARTS) is 1. The molecule has 0 spiro atoms. The fourth-order valence-electron chi connectivity index (χ4n) is 2.62. The molecule has 3 aromatic carbocycles. The monoisotopic (exact) mass is 375 g/mol. The zero-order chi connectivity index (χ0) is 19.9. The molecule has 0 unspecified atom stereocenters. The van der Waals surface area contributed by atoms with Gasteiger partial charge in [0.15, 0.2) is 17.6 Å². The Bertz CT molecular complexity index is 966. The summed E-state index contributed by atoms with van der Waals surface area (Å²) in [6, 6.07) is 23.4. The molecule has 0 fully saturated rings. The lowest BCUT2D eigenvalue weighted by Gasteiger charge is -2.14. The molecule has 3 aromatic rings. The van der Waals surface area contributed by atoms with E-state index in [4.69, 9.17) is 14.6 Å². The van der Waals surface area contributed by atoms with Crippen molar-refractivity contribution < 1.29 is 19.4 Å². The molecule has 0 aliphatic carbocycles. The average Bonchev–Trinajstić information content (AvgIpc) is 2.73. The van der Waals surface area contributed by atoms with Gasteiger partial charge in [-0.3, -0.25) is 4.99 Å². The Hall–Kier alpha value is -3.60. The first kappa shape index (κ1) is 19.2. The molecule has 0 aliphatic heterocycles. The number of hydrogen-bond donors (Lipinski definition) is 1. The fourth-order valence-corrected chi connectivity index (χ4v) is 2.62. The van der Waals surface area contributed by atoms with E-state index < -0.39 is 12.1 Å². The van der Waals surface area contributed by atoms with Crippen molar-refractivity contribution in [3.63, 3.8) is 0 Å². The summed E-state index contributed by atoms with van der Waals surface area (Å²) in [5, 5.41) is 8.98. The topological polar surface area (TPSA) is 68.1 Å². The van der Waals surface area contributed by atoms with Crippen LogP contribution in [0.4, 0.5) is 5.69 Å². The third-order valence-corrected chi connectivity index (χ3v) is 4.18. The zero-order valence-corrected chi connectivity index (χ0v) is 15.7. The molecular formula is C23H21NO4. The molecular weight excluding hydrogens is 354 g/mol. The van der Waals surface area contributed by atoms with Crippen LogP contribution >= 0.6 is 0 Å². The smallest absolute Gasteiger partial charge is 0.344 e. The van der Waals surface area contributed by atoms with Crippen LogP contribution in [-0.2, 0) is 4.79 Å². The second kappa shape index (κ2) is 8.86. The van der Waals surface area contributed by atoms with E-state index in [2.05, 4.69) is 17.1 Å². The zero-order valence-electron chi connectivity index (χ0n) is 15.7. The number of rotatable bonds is 7. The molecule has 0 saturated heterocycles. The number of carboxylic acids is 1. The Morgan fingerprint density at radius 2 is 1.64 bits per heavy atom. The standard InChI is InChI=1S/C23H21NO4/c1-16(23(25)26)28-21-13-8-17(14-22(21)27-2)15-24-20-11-9-19(10-12-20)18-6-4-3-5-7-18/h3-16H,1-2H3,(H,25,26)/t16-/m1/s1. The van der Waals surface area contributed by atoms with Gasteiger partial charge in [0.1, 0.15) is 0 Å². The van der Waals surface area contributed by atoms with Crippen molar-refractivity contribution in [2.24, 2.45) is 4.99 Å². The Morgan fingerprint density at radius 1 is 0.964 bits per heavy atom. The minimum Gasteiger partial charge on any atom is -0.493 e. The van der Waals surface area contributed by atoms with Gasteiger partial charge in [0.05, 0.1) is 12.8 Å². The average molecular weight is 375 g/mol. The number of aliphatic imine (C=N–C) groups is 1. The van der Waals surface area contributed by atoms with Gasteiger partial charge in [0.25, 0.3) is 0 Å². The number of benzene rings is 3. The summed E-state index contributed by atoms with van der Waals surface area (Å²) in [4.78, 5) is 15.4. The second-order valence-electron chi connectivity index (χ2n) is 6.18. The molecule has 0 amide bonds. The minimum absolute atomic E-state index is 0.377. The van der Waals surface area contributed by atoms with Crippen LogP contribution in [0.3, 0.4) is 0 Å². The summed E-state index contributed by atoms with van der Waals surface area (Å²) < 4.78 is 10.7. The summed E-state index contributed by atoms with van der Waals surface area (Å²) in [5.74, 6) is -0.204. The predicted molar refractivity (Wildman–Crippen MR) is 110 cm³/mol. The number of nitrogens with zero attached hydrogens (tertiary/aromatic N) is 1. The second-order valence-corrected chi connectivity index (χ2v) is 6.18. The van der Waals surface area contributed by atoms with E-state index in [0.717, 1.165) is 22.4 Å². The van der Waals surface area contributed by atoms with Crippen LogP contribution in [0.1, 0.15) is 12.5 Å². The summed E-state index contributed by atoms with van der Waals surface area (Å²) >= 11 is 0. The van der Waals surface area contributed by atoms with Crippen molar-refractivity contribution in [3.8, 4) is 22.6 Å². The van der Waals surface area contributed by atoms with Gasteiger partial charge in [-0.15, -0.1) is 0 Å². The number of carbonyl (C=O) groups is 1. The van der Waals surface area contributed by atoms with E-state index >= 15 is 0 Å².